The van der Waals surface area contributed by atoms with E-state index in [4.69, 9.17) is 14.2 Å². The first-order valence-corrected chi connectivity index (χ1v) is 9.15. The van der Waals surface area contributed by atoms with Gasteiger partial charge in [-0.05, 0) is 49.4 Å². The summed E-state index contributed by atoms with van der Waals surface area (Å²) in [4.78, 5) is 26.8. The first kappa shape index (κ1) is 19.7. The van der Waals surface area contributed by atoms with Crippen LogP contribution in [0.5, 0.6) is 5.75 Å². The molecule has 0 bridgehead atoms. The highest BCUT2D eigenvalue weighted by Crippen LogP contribution is 2.19. The molecule has 1 atom stereocenters. The van der Waals surface area contributed by atoms with Crippen LogP contribution in [0.4, 0.5) is 11.4 Å². The summed E-state index contributed by atoms with van der Waals surface area (Å²) in [5, 5.41) is 2.77. The van der Waals surface area contributed by atoms with Crippen LogP contribution in [0.2, 0.25) is 0 Å². The summed E-state index contributed by atoms with van der Waals surface area (Å²) < 4.78 is 15.7. The molecular weight excluding hydrogens is 360 g/mol. The maximum atomic E-state index is 12.3. The molecule has 1 N–H and O–H groups in total. The Labute approximate surface area is 164 Å². The van der Waals surface area contributed by atoms with Gasteiger partial charge < -0.3 is 24.4 Å². The third kappa shape index (κ3) is 5.01. The number of hydrogen-bond acceptors (Lipinski definition) is 6. The lowest BCUT2D eigenvalue weighted by Crippen LogP contribution is -2.36. The lowest BCUT2D eigenvalue weighted by atomic mass is 10.2. The number of nitrogens with one attached hydrogen (secondary N) is 1. The summed E-state index contributed by atoms with van der Waals surface area (Å²) in [6.07, 6.45) is -0.933. The van der Waals surface area contributed by atoms with Crippen LogP contribution >= 0.6 is 0 Å². The normalized spacial score (nSPS) is 14.9. The molecule has 0 spiro atoms. The van der Waals surface area contributed by atoms with Crippen molar-refractivity contribution in [2.24, 2.45) is 0 Å². The maximum absolute atomic E-state index is 12.3. The second-order valence-electron chi connectivity index (χ2n) is 6.42. The van der Waals surface area contributed by atoms with Crippen LogP contribution in [-0.4, -0.2) is 51.4 Å². The Balaban J connectivity index is 1.55. The number of morpholine rings is 1. The molecule has 3 rings (SSSR count). The second kappa shape index (κ2) is 9.23. The Bertz CT molecular complexity index is 816. The fourth-order valence-corrected chi connectivity index (χ4v) is 2.85. The van der Waals surface area contributed by atoms with Crippen molar-refractivity contribution >= 4 is 23.3 Å². The molecule has 0 saturated carbocycles. The monoisotopic (exact) mass is 384 g/mol. The molecule has 1 aliphatic rings. The number of anilines is 2. The van der Waals surface area contributed by atoms with E-state index in [1.165, 1.54) is 14.0 Å². The van der Waals surface area contributed by atoms with E-state index in [0.717, 1.165) is 18.8 Å². The van der Waals surface area contributed by atoms with E-state index in [1.807, 2.05) is 24.3 Å². The van der Waals surface area contributed by atoms with E-state index in [2.05, 4.69) is 10.2 Å². The van der Waals surface area contributed by atoms with Gasteiger partial charge in [-0.1, -0.05) is 6.07 Å². The Morgan fingerprint density at radius 2 is 1.82 bits per heavy atom. The quantitative estimate of drug-likeness (QED) is 0.772. The molecule has 1 aliphatic heterocycles. The Hall–Kier alpha value is -3.06. The van der Waals surface area contributed by atoms with Crippen molar-refractivity contribution < 1.29 is 23.8 Å². The van der Waals surface area contributed by atoms with E-state index in [1.54, 1.807) is 24.3 Å². The van der Waals surface area contributed by atoms with Gasteiger partial charge in [-0.15, -0.1) is 0 Å². The number of carbonyl (C=O) groups is 2. The lowest BCUT2D eigenvalue weighted by molar-refractivity contribution is -0.123. The smallest absolute Gasteiger partial charge is 0.339 e. The molecule has 1 fully saturated rings. The van der Waals surface area contributed by atoms with Gasteiger partial charge in [0.25, 0.3) is 5.91 Å². The minimum Gasteiger partial charge on any atom is -0.497 e. The number of nitrogens with zero attached hydrogens (tertiary/aromatic N) is 1. The summed E-state index contributed by atoms with van der Waals surface area (Å²) in [6, 6.07) is 14.2. The van der Waals surface area contributed by atoms with Gasteiger partial charge in [0.05, 0.1) is 25.9 Å². The van der Waals surface area contributed by atoms with Crippen LogP contribution in [-0.2, 0) is 14.3 Å². The number of benzene rings is 2. The third-order valence-electron chi connectivity index (χ3n) is 4.47. The molecule has 1 heterocycles. The standard InChI is InChI=1S/C21H24N2O5/c1-15(28-21(25)16-4-3-5-19(14-16)26-2)20(24)22-17-6-8-18(9-7-17)23-10-12-27-13-11-23/h3-9,14-15H,10-13H2,1-2H3,(H,22,24)/t15-/m0/s1. The average Bonchev–Trinajstić information content (AvgIpc) is 2.74. The van der Waals surface area contributed by atoms with Gasteiger partial charge in [0.2, 0.25) is 0 Å². The Morgan fingerprint density at radius 3 is 2.50 bits per heavy atom. The van der Waals surface area contributed by atoms with Crippen LogP contribution in [0.25, 0.3) is 0 Å². The second-order valence-corrected chi connectivity index (χ2v) is 6.42. The molecule has 7 nitrogen and oxygen atoms in total. The van der Waals surface area contributed by atoms with Crippen LogP contribution in [0.3, 0.4) is 0 Å². The molecule has 0 aromatic heterocycles. The number of ether oxygens (including phenoxy) is 3. The number of hydrogen-bond donors (Lipinski definition) is 1. The van der Waals surface area contributed by atoms with Gasteiger partial charge in [-0.2, -0.15) is 0 Å². The van der Waals surface area contributed by atoms with Crippen molar-refractivity contribution in [2.75, 3.05) is 43.6 Å². The van der Waals surface area contributed by atoms with E-state index < -0.39 is 18.0 Å². The van der Waals surface area contributed by atoms with E-state index >= 15 is 0 Å². The summed E-state index contributed by atoms with van der Waals surface area (Å²) in [7, 11) is 1.52. The van der Waals surface area contributed by atoms with Crippen LogP contribution in [0.1, 0.15) is 17.3 Å². The minimum absolute atomic E-state index is 0.328. The van der Waals surface area contributed by atoms with Crippen LogP contribution < -0.4 is 15.0 Å². The third-order valence-corrected chi connectivity index (χ3v) is 4.47. The van der Waals surface area contributed by atoms with Gasteiger partial charge in [0, 0.05) is 24.5 Å². The lowest BCUT2D eigenvalue weighted by Gasteiger charge is -2.28. The van der Waals surface area contributed by atoms with Crippen molar-refractivity contribution in [2.45, 2.75) is 13.0 Å². The molecule has 0 aliphatic carbocycles. The van der Waals surface area contributed by atoms with Crippen LogP contribution in [0.15, 0.2) is 48.5 Å². The molecule has 2 aromatic rings. The first-order chi connectivity index (χ1) is 13.6. The highest BCUT2D eigenvalue weighted by atomic mass is 16.5. The summed E-state index contributed by atoms with van der Waals surface area (Å²) in [5.74, 6) is -0.425. The summed E-state index contributed by atoms with van der Waals surface area (Å²) in [6.45, 7) is 4.67. The number of esters is 1. The number of rotatable bonds is 6. The molecule has 28 heavy (non-hydrogen) atoms. The zero-order chi connectivity index (χ0) is 19.9. The molecule has 1 amide bonds. The number of methoxy groups -OCH3 is 1. The molecule has 0 unspecified atom stereocenters. The summed E-state index contributed by atoms with van der Waals surface area (Å²) in [5.41, 5.74) is 2.05. The minimum atomic E-state index is -0.933. The highest BCUT2D eigenvalue weighted by molar-refractivity contribution is 5.97. The Kier molecular flexibility index (Phi) is 6.49. The molecule has 1 saturated heterocycles. The molecule has 148 valence electrons. The average molecular weight is 384 g/mol. The van der Waals surface area contributed by atoms with Crippen molar-refractivity contribution in [1.29, 1.82) is 0 Å². The largest absolute Gasteiger partial charge is 0.497 e. The molecule has 0 radical (unpaired) electrons. The zero-order valence-electron chi connectivity index (χ0n) is 16.0. The van der Waals surface area contributed by atoms with Crippen molar-refractivity contribution in [3.05, 3.63) is 54.1 Å². The molecular formula is C21H24N2O5. The van der Waals surface area contributed by atoms with Gasteiger partial charge in [0.15, 0.2) is 6.10 Å². The van der Waals surface area contributed by atoms with Gasteiger partial charge in [0.1, 0.15) is 5.75 Å². The summed E-state index contributed by atoms with van der Waals surface area (Å²) >= 11 is 0. The SMILES string of the molecule is COc1cccc(C(=O)O[C@@H](C)C(=O)Nc2ccc(N3CCOCC3)cc2)c1. The highest BCUT2D eigenvalue weighted by Gasteiger charge is 2.19. The Morgan fingerprint density at radius 1 is 1.11 bits per heavy atom. The van der Waals surface area contributed by atoms with E-state index in [0.29, 0.717) is 30.2 Å². The van der Waals surface area contributed by atoms with Crippen LogP contribution in [0, 0.1) is 0 Å². The topological polar surface area (TPSA) is 77.1 Å². The van der Waals surface area contributed by atoms with Gasteiger partial charge in [-0.25, -0.2) is 4.79 Å². The maximum Gasteiger partial charge on any atom is 0.339 e. The fraction of sp³-hybridized carbons (Fsp3) is 0.333. The molecule has 2 aromatic carbocycles. The first-order valence-electron chi connectivity index (χ1n) is 9.15. The van der Waals surface area contributed by atoms with Gasteiger partial charge in [-0.3, -0.25) is 4.79 Å². The molecule has 7 heteroatoms. The zero-order valence-corrected chi connectivity index (χ0v) is 16.0. The van der Waals surface area contributed by atoms with Crippen molar-refractivity contribution in [1.82, 2.24) is 0 Å². The van der Waals surface area contributed by atoms with Crippen molar-refractivity contribution in [3.8, 4) is 5.75 Å². The predicted molar refractivity (Wildman–Crippen MR) is 106 cm³/mol. The number of amides is 1. The fourth-order valence-electron chi connectivity index (χ4n) is 2.85. The van der Waals surface area contributed by atoms with Crippen molar-refractivity contribution in [3.63, 3.8) is 0 Å². The van der Waals surface area contributed by atoms with E-state index in [9.17, 15) is 9.59 Å². The predicted octanol–water partition coefficient (Wildman–Crippen LogP) is 2.72. The van der Waals surface area contributed by atoms with E-state index in [-0.39, 0.29) is 0 Å². The number of carbonyl (C=O) groups excluding carboxylic acids is 2. The van der Waals surface area contributed by atoms with Gasteiger partial charge >= 0.3 is 5.97 Å².